The Morgan fingerprint density at radius 1 is 1.18 bits per heavy atom. The Kier molecular flexibility index (Phi) is 4.65. The molecule has 1 aromatic carbocycles. The van der Waals surface area contributed by atoms with Gasteiger partial charge in [-0.3, -0.25) is 9.78 Å². The first-order valence-corrected chi connectivity index (χ1v) is 7.57. The topological polar surface area (TPSA) is 42.0 Å². The van der Waals surface area contributed by atoms with E-state index in [1.807, 2.05) is 39.1 Å². The van der Waals surface area contributed by atoms with Crippen LogP contribution in [-0.2, 0) is 4.79 Å². The van der Waals surface area contributed by atoms with Crippen LogP contribution in [0.5, 0.6) is 0 Å². The average molecular weight is 296 g/mol. The molecule has 1 atom stereocenters. The number of amides is 1. The van der Waals surface area contributed by atoms with Crippen LogP contribution in [0.25, 0.3) is 0 Å². The van der Waals surface area contributed by atoms with Crippen LogP contribution in [0, 0.1) is 19.3 Å². The van der Waals surface area contributed by atoms with Gasteiger partial charge in [-0.2, -0.15) is 0 Å². The molecule has 2 aromatic rings. The van der Waals surface area contributed by atoms with E-state index in [0.717, 1.165) is 16.7 Å². The van der Waals surface area contributed by atoms with Crippen molar-refractivity contribution in [2.45, 2.75) is 40.7 Å². The fraction of sp³-hybridized carbons (Fsp3) is 0.368. The van der Waals surface area contributed by atoms with Crippen LogP contribution < -0.4 is 5.32 Å². The maximum Gasteiger partial charge on any atom is 0.226 e. The lowest BCUT2D eigenvalue weighted by atomic mass is 9.91. The van der Waals surface area contributed by atoms with Gasteiger partial charge < -0.3 is 5.32 Å². The van der Waals surface area contributed by atoms with E-state index in [9.17, 15) is 4.79 Å². The summed E-state index contributed by atoms with van der Waals surface area (Å²) in [6.45, 7) is 9.90. The molecule has 0 aliphatic heterocycles. The monoisotopic (exact) mass is 296 g/mol. The van der Waals surface area contributed by atoms with Gasteiger partial charge in [0.2, 0.25) is 5.91 Å². The summed E-state index contributed by atoms with van der Waals surface area (Å²) in [7, 11) is 0. The van der Waals surface area contributed by atoms with E-state index in [1.165, 1.54) is 5.56 Å². The van der Waals surface area contributed by atoms with Crippen molar-refractivity contribution < 1.29 is 4.79 Å². The van der Waals surface area contributed by atoms with E-state index in [0.29, 0.717) is 0 Å². The summed E-state index contributed by atoms with van der Waals surface area (Å²) in [6, 6.07) is 10.0. The molecule has 0 spiro atoms. The molecule has 0 fully saturated rings. The molecule has 0 saturated carbocycles. The third kappa shape index (κ3) is 3.73. The van der Waals surface area contributed by atoms with Gasteiger partial charge in [0.25, 0.3) is 0 Å². The number of aryl methyl sites for hydroxylation is 2. The third-order valence-corrected chi connectivity index (χ3v) is 3.72. The summed E-state index contributed by atoms with van der Waals surface area (Å²) in [5.74, 6) is 0.0299. The van der Waals surface area contributed by atoms with Gasteiger partial charge >= 0.3 is 0 Å². The number of benzene rings is 1. The summed E-state index contributed by atoms with van der Waals surface area (Å²) in [6.07, 6.45) is 3.56. The number of nitrogens with one attached hydrogen (secondary N) is 1. The maximum absolute atomic E-state index is 12.5. The van der Waals surface area contributed by atoms with Gasteiger partial charge in [-0.05, 0) is 36.6 Å². The Labute approximate surface area is 132 Å². The standard InChI is InChI=1S/C19H24N2O/c1-13-8-9-14(2)16(11-13)17(15-7-6-10-20-12-15)21-18(22)19(3,4)5/h6-12,17H,1-5H3,(H,21,22)/t17-/m1/s1. The van der Waals surface area contributed by atoms with E-state index >= 15 is 0 Å². The predicted octanol–water partition coefficient (Wildman–Crippen LogP) is 3.95. The van der Waals surface area contributed by atoms with Crippen LogP contribution in [0.4, 0.5) is 0 Å². The summed E-state index contributed by atoms with van der Waals surface area (Å²) in [5.41, 5.74) is 4.02. The Hall–Kier alpha value is -2.16. The van der Waals surface area contributed by atoms with Gasteiger partial charge in [0, 0.05) is 17.8 Å². The highest BCUT2D eigenvalue weighted by molar-refractivity contribution is 5.82. The normalized spacial score (nSPS) is 12.8. The van der Waals surface area contributed by atoms with Crippen molar-refractivity contribution in [3.8, 4) is 0 Å². The SMILES string of the molecule is Cc1ccc(C)c([C@H](NC(=O)C(C)(C)C)c2cccnc2)c1. The van der Waals surface area contributed by atoms with Crippen molar-refractivity contribution in [1.29, 1.82) is 0 Å². The number of pyridine rings is 1. The Morgan fingerprint density at radius 2 is 1.91 bits per heavy atom. The second-order valence-corrected chi connectivity index (χ2v) is 6.80. The van der Waals surface area contributed by atoms with Crippen molar-refractivity contribution >= 4 is 5.91 Å². The summed E-state index contributed by atoms with van der Waals surface area (Å²) >= 11 is 0. The van der Waals surface area contributed by atoms with Crippen LogP contribution in [0.1, 0.15) is 49.1 Å². The second-order valence-electron chi connectivity index (χ2n) is 6.80. The van der Waals surface area contributed by atoms with Crippen molar-refractivity contribution in [2.75, 3.05) is 0 Å². The number of carbonyl (C=O) groups is 1. The smallest absolute Gasteiger partial charge is 0.226 e. The first kappa shape index (κ1) is 16.2. The van der Waals surface area contributed by atoms with Crippen LogP contribution in [0.15, 0.2) is 42.7 Å². The molecular weight excluding hydrogens is 272 g/mol. The number of carbonyl (C=O) groups excluding carboxylic acids is 1. The molecule has 116 valence electrons. The Bertz CT molecular complexity index is 657. The van der Waals surface area contributed by atoms with Crippen molar-refractivity contribution in [3.63, 3.8) is 0 Å². The number of nitrogens with zero attached hydrogens (tertiary/aromatic N) is 1. The van der Waals surface area contributed by atoms with Crippen LogP contribution in [0.2, 0.25) is 0 Å². The van der Waals surface area contributed by atoms with Crippen LogP contribution in [-0.4, -0.2) is 10.9 Å². The Balaban J connectivity index is 2.47. The molecule has 1 aromatic heterocycles. The zero-order valence-electron chi connectivity index (χ0n) is 14.0. The predicted molar refractivity (Wildman–Crippen MR) is 89.6 cm³/mol. The van der Waals surface area contributed by atoms with Gasteiger partial charge in [0.1, 0.15) is 0 Å². The van der Waals surface area contributed by atoms with E-state index in [1.54, 1.807) is 6.20 Å². The van der Waals surface area contributed by atoms with Gasteiger partial charge in [-0.1, -0.05) is 50.6 Å². The van der Waals surface area contributed by atoms with Crippen molar-refractivity contribution in [2.24, 2.45) is 5.41 Å². The van der Waals surface area contributed by atoms with Gasteiger partial charge in [-0.25, -0.2) is 0 Å². The molecular formula is C19H24N2O. The minimum absolute atomic E-state index is 0.0299. The highest BCUT2D eigenvalue weighted by Gasteiger charge is 2.26. The van der Waals surface area contributed by atoms with E-state index in [2.05, 4.69) is 42.3 Å². The van der Waals surface area contributed by atoms with Gasteiger partial charge in [0.15, 0.2) is 0 Å². The summed E-state index contributed by atoms with van der Waals surface area (Å²) in [5, 5.41) is 3.18. The molecule has 2 rings (SSSR count). The lowest BCUT2D eigenvalue weighted by molar-refractivity contribution is -0.129. The first-order chi connectivity index (χ1) is 10.3. The molecule has 1 amide bonds. The number of hydrogen-bond donors (Lipinski definition) is 1. The molecule has 0 aliphatic carbocycles. The number of rotatable bonds is 3. The molecule has 0 aliphatic rings. The maximum atomic E-state index is 12.5. The molecule has 3 heteroatoms. The number of hydrogen-bond acceptors (Lipinski definition) is 2. The summed E-state index contributed by atoms with van der Waals surface area (Å²) < 4.78 is 0. The summed E-state index contributed by atoms with van der Waals surface area (Å²) in [4.78, 5) is 16.7. The molecule has 22 heavy (non-hydrogen) atoms. The highest BCUT2D eigenvalue weighted by Crippen LogP contribution is 2.27. The van der Waals surface area contributed by atoms with E-state index in [-0.39, 0.29) is 11.9 Å². The van der Waals surface area contributed by atoms with E-state index < -0.39 is 5.41 Å². The van der Waals surface area contributed by atoms with E-state index in [4.69, 9.17) is 0 Å². The highest BCUT2D eigenvalue weighted by atomic mass is 16.2. The molecule has 0 radical (unpaired) electrons. The average Bonchev–Trinajstić information content (AvgIpc) is 2.47. The second kappa shape index (κ2) is 6.30. The molecule has 1 N–H and O–H groups in total. The quantitative estimate of drug-likeness (QED) is 0.932. The van der Waals surface area contributed by atoms with Crippen molar-refractivity contribution in [1.82, 2.24) is 10.3 Å². The Morgan fingerprint density at radius 3 is 2.50 bits per heavy atom. The lowest BCUT2D eigenvalue weighted by Gasteiger charge is -2.26. The van der Waals surface area contributed by atoms with Gasteiger partial charge in [0.05, 0.1) is 6.04 Å². The fourth-order valence-corrected chi connectivity index (χ4v) is 2.31. The zero-order valence-corrected chi connectivity index (χ0v) is 14.0. The largest absolute Gasteiger partial charge is 0.345 e. The van der Waals surface area contributed by atoms with Gasteiger partial charge in [-0.15, -0.1) is 0 Å². The molecule has 0 unspecified atom stereocenters. The minimum Gasteiger partial charge on any atom is -0.345 e. The minimum atomic E-state index is -0.432. The fourth-order valence-electron chi connectivity index (χ4n) is 2.31. The first-order valence-electron chi connectivity index (χ1n) is 7.57. The van der Waals surface area contributed by atoms with Crippen LogP contribution in [0.3, 0.4) is 0 Å². The lowest BCUT2D eigenvalue weighted by Crippen LogP contribution is -2.38. The molecule has 3 nitrogen and oxygen atoms in total. The van der Waals surface area contributed by atoms with Crippen LogP contribution >= 0.6 is 0 Å². The third-order valence-electron chi connectivity index (χ3n) is 3.72. The number of aromatic nitrogens is 1. The zero-order chi connectivity index (χ0) is 16.3. The molecule has 0 bridgehead atoms. The molecule has 0 saturated heterocycles. The van der Waals surface area contributed by atoms with Crippen molar-refractivity contribution in [3.05, 3.63) is 65.0 Å². The molecule has 1 heterocycles.